The van der Waals surface area contributed by atoms with Gasteiger partial charge in [-0.1, -0.05) is 24.3 Å². The zero-order chi connectivity index (χ0) is 13.1. The molecular weight excluding hydrogens is 234 g/mol. The van der Waals surface area contributed by atoms with Crippen LogP contribution in [0.5, 0.6) is 0 Å². The molecule has 0 fully saturated rings. The van der Waals surface area contributed by atoms with Crippen LogP contribution in [0.1, 0.15) is 31.9 Å². The summed E-state index contributed by atoms with van der Waals surface area (Å²) in [4.78, 5) is 11.9. The number of carbonyl (C=O) groups is 1. The van der Waals surface area contributed by atoms with Gasteiger partial charge in [0, 0.05) is 0 Å². The first-order valence-electron chi connectivity index (χ1n) is 5.82. The van der Waals surface area contributed by atoms with Crippen LogP contribution in [-0.2, 0) is 11.2 Å². The van der Waals surface area contributed by atoms with Crippen LogP contribution in [0.25, 0.3) is 0 Å². The van der Waals surface area contributed by atoms with Crippen LogP contribution < -0.4 is 5.32 Å². The fourth-order valence-electron chi connectivity index (χ4n) is 1.48. The van der Waals surface area contributed by atoms with Crippen LogP contribution in [-0.4, -0.2) is 16.8 Å². The van der Waals surface area contributed by atoms with Crippen molar-refractivity contribution in [3.63, 3.8) is 0 Å². The zero-order valence-corrected chi connectivity index (χ0v) is 11.6. The number of benzene rings is 1. The van der Waals surface area contributed by atoms with Gasteiger partial charge in [-0.15, -0.1) is 11.6 Å². The number of amides is 1. The molecule has 94 valence electrons. The van der Waals surface area contributed by atoms with Crippen LogP contribution in [0.4, 0.5) is 0 Å². The fourth-order valence-corrected chi connectivity index (χ4v) is 1.54. The van der Waals surface area contributed by atoms with Crippen molar-refractivity contribution in [2.45, 2.75) is 45.0 Å². The monoisotopic (exact) mass is 253 g/mol. The third-order valence-corrected chi connectivity index (χ3v) is 3.61. The van der Waals surface area contributed by atoms with Crippen molar-refractivity contribution < 1.29 is 4.79 Å². The van der Waals surface area contributed by atoms with Crippen molar-refractivity contribution in [3.05, 3.63) is 35.4 Å². The summed E-state index contributed by atoms with van der Waals surface area (Å²) in [6, 6.07) is 7.91. The van der Waals surface area contributed by atoms with E-state index in [2.05, 4.69) is 5.32 Å². The number of aryl methyl sites for hydroxylation is 1. The molecule has 0 saturated heterocycles. The van der Waals surface area contributed by atoms with Gasteiger partial charge >= 0.3 is 0 Å². The predicted molar refractivity (Wildman–Crippen MR) is 72.4 cm³/mol. The molecule has 1 rings (SSSR count). The molecule has 0 heterocycles. The Balaban J connectivity index is 2.66. The summed E-state index contributed by atoms with van der Waals surface area (Å²) in [5, 5.41) is 2.85. The Labute approximate surface area is 108 Å². The maximum atomic E-state index is 11.9. The van der Waals surface area contributed by atoms with Crippen molar-refractivity contribution >= 4 is 17.5 Å². The number of hydrogen-bond acceptors (Lipinski definition) is 1. The van der Waals surface area contributed by atoms with E-state index in [9.17, 15) is 4.79 Å². The maximum absolute atomic E-state index is 11.9. The minimum atomic E-state index is -0.388. The molecule has 17 heavy (non-hydrogen) atoms. The van der Waals surface area contributed by atoms with E-state index >= 15 is 0 Å². The molecule has 0 aliphatic rings. The van der Waals surface area contributed by atoms with Crippen molar-refractivity contribution in [1.29, 1.82) is 0 Å². The van der Waals surface area contributed by atoms with Gasteiger partial charge in [0.15, 0.2) is 0 Å². The SMILES string of the molecule is Cc1ccccc1CC(=O)NC(C)(C)C(C)Cl. The standard InChI is InChI=1S/C14H20ClNO/c1-10-7-5-6-8-12(10)9-13(17)16-14(3,4)11(2)15/h5-8,11H,9H2,1-4H3,(H,16,17). The highest BCUT2D eigenvalue weighted by Gasteiger charge is 2.25. The number of carbonyl (C=O) groups excluding carboxylic acids is 1. The first-order valence-corrected chi connectivity index (χ1v) is 6.26. The van der Waals surface area contributed by atoms with E-state index in [0.717, 1.165) is 11.1 Å². The molecule has 1 aromatic rings. The lowest BCUT2D eigenvalue weighted by atomic mass is 10.00. The van der Waals surface area contributed by atoms with Crippen molar-refractivity contribution in [2.24, 2.45) is 0 Å². The first kappa shape index (κ1) is 14.0. The quantitative estimate of drug-likeness (QED) is 0.821. The summed E-state index contributed by atoms with van der Waals surface area (Å²) in [7, 11) is 0. The molecule has 2 nitrogen and oxygen atoms in total. The van der Waals surface area contributed by atoms with Gasteiger partial charge in [-0.05, 0) is 38.8 Å². The van der Waals surface area contributed by atoms with Gasteiger partial charge in [-0.2, -0.15) is 0 Å². The molecule has 0 saturated carbocycles. The van der Waals surface area contributed by atoms with E-state index in [-0.39, 0.29) is 16.8 Å². The number of alkyl halides is 1. The molecule has 0 aliphatic heterocycles. The van der Waals surface area contributed by atoms with Crippen LogP contribution in [0.2, 0.25) is 0 Å². The maximum Gasteiger partial charge on any atom is 0.224 e. The highest BCUT2D eigenvalue weighted by molar-refractivity contribution is 6.21. The molecular formula is C14H20ClNO. The second-order valence-electron chi connectivity index (χ2n) is 4.99. The first-order chi connectivity index (χ1) is 7.83. The van der Waals surface area contributed by atoms with Gasteiger partial charge in [0.25, 0.3) is 0 Å². The molecule has 1 aromatic carbocycles. The van der Waals surface area contributed by atoms with Crippen molar-refractivity contribution in [3.8, 4) is 0 Å². The Morgan fingerprint density at radius 2 is 2.00 bits per heavy atom. The molecule has 1 unspecified atom stereocenters. The average Bonchev–Trinajstić information content (AvgIpc) is 2.20. The molecule has 3 heteroatoms. The van der Waals surface area contributed by atoms with Gasteiger partial charge in [0.05, 0.1) is 17.3 Å². The largest absolute Gasteiger partial charge is 0.349 e. The number of hydrogen-bond donors (Lipinski definition) is 1. The topological polar surface area (TPSA) is 29.1 Å². The van der Waals surface area contributed by atoms with Crippen LogP contribution >= 0.6 is 11.6 Å². The Morgan fingerprint density at radius 1 is 1.41 bits per heavy atom. The molecule has 0 aromatic heterocycles. The fraction of sp³-hybridized carbons (Fsp3) is 0.500. The van der Waals surface area contributed by atoms with E-state index in [0.29, 0.717) is 6.42 Å². The Kier molecular flexibility index (Phi) is 4.58. The predicted octanol–water partition coefficient (Wildman–Crippen LogP) is 3.06. The minimum Gasteiger partial charge on any atom is -0.349 e. The highest BCUT2D eigenvalue weighted by atomic mass is 35.5. The van der Waals surface area contributed by atoms with E-state index < -0.39 is 0 Å². The smallest absolute Gasteiger partial charge is 0.224 e. The summed E-state index contributed by atoms with van der Waals surface area (Å²) >= 11 is 6.03. The van der Waals surface area contributed by atoms with Crippen molar-refractivity contribution in [2.75, 3.05) is 0 Å². The molecule has 1 N–H and O–H groups in total. The minimum absolute atomic E-state index is 0.0109. The van der Waals surface area contributed by atoms with E-state index in [1.165, 1.54) is 0 Å². The molecule has 0 aliphatic carbocycles. The second-order valence-corrected chi connectivity index (χ2v) is 5.64. The molecule has 0 radical (unpaired) electrons. The second kappa shape index (κ2) is 5.54. The third kappa shape index (κ3) is 4.04. The van der Waals surface area contributed by atoms with Gasteiger partial charge in [-0.25, -0.2) is 0 Å². The van der Waals surface area contributed by atoms with Crippen LogP contribution in [0, 0.1) is 6.92 Å². The van der Waals surface area contributed by atoms with Crippen LogP contribution in [0.15, 0.2) is 24.3 Å². The zero-order valence-electron chi connectivity index (χ0n) is 10.9. The normalized spacial score (nSPS) is 13.2. The summed E-state index contributed by atoms with van der Waals surface area (Å²) < 4.78 is 0. The van der Waals surface area contributed by atoms with Gasteiger partial charge < -0.3 is 5.32 Å². The lowest BCUT2D eigenvalue weighted by Gasteiger charge is -2.29. The Hall–Kier alpha value is -1.02. The number of rotatable bonds is 4. The van der Waals surface area contributed by atoms with Gasteiger partial charge in [0.2, 0.25) is 5.91 Å². The van der Waals surface area contributed by atoms with E-state index in [1.807, 2.05) is 52.0 Å². The molecule has 1 amide bonds. The van der Waals surface area contributed by atoms with Crippen molar-refractivity contribution in [1.82, 2.24) is 5.32 Å². The lowest BCUT2D eigenvalue weighted by molar-refractivity contribution is -0.122. The van der Waals surface area contributed by atoms with Gasteiger partial charge in [-0.3, -0.25) is 4.79 Å². The highest BCUT2D eigenvalue weighted by Crippen LogP contribution is 2.15. The van der Waals surface area contributed by atoms with Gasteiger partial charge in [0.1, 0.15) is 0 Å². The summed E-state index contributed by atoms with van der Waals surface area (Å²) in [5.41, 5.74) is 1.81. The summed E-state index contributed by atoms with van der Waals surface area (Å²) in [6.45, 7) is 7.76. The number of halogens is 1. The molecule has 0 bridgehead atoms. The molecule has 0 spiro atoms. The van der Waals surface area contributed by atoms with E-state index in [4.69, 9.17) is 11.6 Å². The third-order valence-electron chi connectivity index (χ3n) is 3.07. The number of nitrogens with one attached hydrogen (secondary N) is 1. The summed E-state index contributed by atoms with van der Waals surface area (Å²) in [6.07, 6.45) is 0.402. The average molecular weight is 254 g/mol. The van der Waals surface area contributed by atoms with E-state index in [1.54, 1.807) is 0 Å². The Morgan fingerprint density at radius 3 is 2.53 bits per heavy atom. The lowest BCUT2D eigenvalue weighted by Crippen LogP contribution is -2.49. The van der Waals surface area contributed by atoms with Crippen LogP contribution in [0.3, 0.4) is 0 Å². The molecule has 1 atom stereocenters. The summed E-state index contributed by atoms with van der Waals surface area (Å²) in [5.74, 6) is 0.0109. The Bertz CT molecular complexity index is 399.